The van der Waals surface area contributed by atoms with E-state index in [4.69, 9.17) is 5.11 Å². The predicted octanol–water partition coefficient (Wildman–Crippen LogP) is 2.06. The monoisotopic (exact) mass is 303 g/mol. The van der Waals surface area contributed by atoms with Crippen LogP contribution >= 0.6 is 11.3 Å². The van der Waals surface area contributed by atoms with E-state index in [1.54, 1.807) is 32.2 Å². The number of thiophene rings is 1. The van der Waals surface area contributed by atoms with Gasteiger partial charge in [-0.05, 0) is 43.9 Å². The van der Waals surface area contributed by atoms with Gasteiger partial charge in [0.15, 0.2) is 0 Å². The molecule has 2 N–H and O–H groups in total. The molecular formula is C12H17NO4S2. The molecule has 7 heteroatoms. The van der Waals surface area contributed by atoms with Gasteiger partial charge >= 0.3 is 5.97 Å². The number of rotatable bonds is 5. The molecule has 1 aromatic heterocycles. The minimum atomic E-state index is -3.37. The molecule has 0 amide bonds. The lowest BCUT2D eigenvalue weighted by Crippen LogP contribution is -2.38. The van der Waals surface area contributed by atoms with Crippen LogP contribution < -0.4 is 4.72 Å². The molecule has 0 spiro atoms. The van der Waals surface area contributed by atoms with Crippen LogP contribution in [0.3, 0.4) is 0 Å². The number of hydrogen-bond acceptors (Lipinski definition) is 4. The fraction of sp³-hybridized carbons (Fsp3) is 0.417. The van der Waals surface area contributed by atoms with Crippen LogP contribution in [0.2, 0.25) is 0 Å². The molecule has 0 unspecified atom stereocenters. The summed E-state index contributed by atoms with van der Waals surface area (Å²) in [4.78, 5) is 11.2. The van der Waals surface area contributed by atoms with Gasteiger partial charge in [-0.1, -0.05) is 0 Å². The van der Waals surface area contributed by atoms with E-state index in [0.29, 0.717) is 0 Å². The van der Waals surface area contributed by atoms with Crippen LogP contribution in [-0.4, -0.2) is 24.2 Å². The van der Waals surface area contributed by atoms with E-state index in [1.807, 2.05) is 0 Å². The third-order valence-corrected chi connectivity index (χ3v) is 5.43. The summed E-state index contributed by atoms with van der Waals surface area (Å²) in [5, 5.41) is 10.3. The van der Waals surface area contributed by atoms with Gasteiger partial charge < -0.3 is 5.11 Å². The van der Waals surface area contributed by atoms with E-state index >= 15 is 0 Å². The number of carboxylic acids is 1. The molecule has 0 saturated heterocycles. The third kappa shape index (κ3) is 4.77. The maximum atomic E-state index is 11.8. The number of nitrogens with one attached hydrogen (secondary N) is 1. The number of aliphatic carboxylic acids is 1. The molecule has 0 radical (unpaired) electrons. The molecule has 1 heterocycles. The average Bonchev–Trinajstić information content (AvgIpc) is 2.70. The molecule has 5 nitrogen and oxygen atoms in total. The normalized spacial score (nSPS) is 13.0. The van der Waals surface area contributed by atoms with Crippen molar-refractivity contribution in [1.82, 2.24) is 4.72 Å². The van der Waals surface area contributed by atoms with Crippen LogP contribution in [0, 0.1) is 0 Å². The maximum absolute atomic E-state index is 11.8. The van der Waals surface area contributed by atoms with Crippen molar-refractivity contribution in [2.75, 3.05) is 0 Å². The Hall–Kier alpha value is -1.18. The summed E-state index contributed by atoms with van der Waals surface area (Å²) in [6.45, 7) is 5.10. The molecule has 0 aliphatic carbocycles. The minimum Gasteiger partial charge on any atom is -0.478 e. The second kappa shape index (κ2) is 5.85. The van der Waals surface area contributed by atoms with Crippen molar-refractivity contribution in [3.05, 3.63) is 28.0 Å². The molecule has 0 aromatic carbocycles. The van der Waals surface area contributed by atoms with Gasteiger partial charge in [0.25, 0.3) is 0 Å². The fourth-order valence-corrected chi connectivity index (χ4v) is 2.79. The van der Waals surface area contributed by atoms with E-state index in [9.17, 15) is 13.2 Å². The molecule has 0 fully saturated rings. The van der Waals surface area contributed by atoms with Crippen molar-refractivity contribution in [3.8, 4) is 0 Å². The molecule has 1 aromatic rings. The molecule has 1 rings (SSSR count). The van der Waals surface area contributed by atoms with Gasteiger partial charge in [-0.3, -0.25) is 0 Å². The highest BCUT2D eigenvalue weighted by molar-refractivity contribution is 7.90. The first-order valence-corrected chi connectivity index (χ1v) is 7.96. The highest BCUT2D eigenvalue weighted by Crippen LogP contribution is 2.18. The highest BCUT2D eigenvalue weighted by Gasteiger charge is 2.28. The third-order valence-electron chi connectivity index (χ3n) is 2.34. The largest absolute Gasteiger partial charge is 0.478 e. The van der Waals surface area contributed by atoms with E-state index in [-0.39, 0.29) is 6.54 Å². The van der Waals surface area contributed by atoms with Crippen LogP contribution in [0.4, 0.5) is 0 Å². The number of hydrogen-bond donors (Lipinski definition) is 2. The molecule has 0 saturated carbocycles. The summed E-state index contributed by atoms with van der Waals surface area (Å²) >= 11 is 1.38. The summed E-state index contributed by atoms with van der Waals surface area (Å²) in [7, 11) is -3.37. The smallest absolute Gasteiger partial charge is 0.328 e. The van der Waals surface area contributed by atoms with Gasteiger partial charge in [0.1, 0.15) is 0 Å². The number of carboxylic acid groups (broad SMARTS) is 1. The number of carbonyl (C=O) groups is 1. The lowest BCUT2D eigenvalue weighted by atomic mass is 10.3. The Bertz CT molecular complexity index is 579. The van der Waals surface area contributed by atoms with Crippen molar-refractivity contribution < 1.29 is 18.3 Å². The second-order valence-corrected chi connectivity index (χ2v) is 8.47. The fourth-order valence-electron chi connectivity index (χ4n) is 1.13. The topological polar surface area (TPSA) is 83.5 Å². The van der Waals surface area contributed by atoms with Crippen molar-refractivity contribution >= 4 is 33.4 Å². The Morgan fingerprint density at radius 1 is 1.47 bits per heavy atom. The summed E-state index contributed by atoms with van der Waals surface area (Å²) in [5.74, 6) is -1.01. The van der Waals surface area contributed by atoms with Crippen molar-refractivity contribution in [2.24, 2.45) is 0 Å². The SMILES string of the molecule is CC(C)(C)S(=O)(=O)NCc1cc(C=CC(=O)O)cs1. The molecule has 0 atom stereocenters. The van der Waals surface area contributed by atoms with Crippen LogP contribution in [0.25, 0.3) is 6.08 Å². The summed E-state index contributed by atoms with van der Waals surface area (Å²) in [6.07, 6.45) is 2.52. The Morgan fingerprint density at radius 3 is 2.63 bits per heavy atom. The molecule has 19 heavy (non-hydrogen) atoms. The first kappa shape index (κ1) is 15.9. The van der Waals surface area contributed by atoms with Gasteiger partial charge in [0.2, 0.25) is 10.0 Å². The molecular weight excluding hydrogens is 286 g/mol. The summed E-state index contributed by atoms with van der Waals surface area (Å²) < 4.78 is 25.4. The highest BCUT2D eigenvalue weighted by atomic mass is 32.2. The van der Waals surface area contributed by atoms with Crippen LogP contribution in [-0.2, 0) is 21.4 Å². The van der Waals surface area contributed by atoms with E-state index in [2.05, 4.69) is 4.72 Å². The minimum absolute atomic E-state index is 0.213. The van der Waals surface area contributed by atoms with Crippen molar-refractivity contribution in [2.45, 2.75) is 32.1 Å². The van der Waals surface area contributed by atoms with Crippen LogP contribution in [0.1, 0.15) is 31.2 Å². The van der Waals surface area contributed by atoms with Crippen molar-refractivity contribution in [1.29, 1.82) is 0 Å². The van der Waals surface area contributed by atoms with Gasteiger partial charge in [-0.25, -0.2) is 17.9 Å². The zero-order valence-corrected chi connectivity index (χ0v) is 12.6. The zero-order chi connectivity index (χ0) is 14.7. The zero-order valence-electron chi connectivity index (χ0n) is 11.0. The quantitative estimate of drug-likeness (QED) is 0.816. The summed E-state index contributed by atoms with van der Waals surface area (Å²) in [6, 6.07) is 1.76. The maximum Gasteiger partial charge on any atom is 0.328 e. The van der Waals surface area contributed by atoms with Gasteiger partial charge in [-0.2, -0.15) is 0 Å². The van der Waals surface area contributed by atoms with E-state index in [1.165, 1.54) is 17.4 Å². The predicted molar refractivity (Wildman–Crippen MR) is 76.5 cm³/mol. The lowest BCUT2D eigenvalue weighted by molar-refractivity contribution is -0.131. The van der Waals surface area contributed by atoms with Gasteiger partial charge in [0, 0.05) is 17.5 Å². The number of sulfonamides is 1. The van der Waals surface area contributed by atoms with Gasteiger partial charge in [-0.15, -0.1) is 11.3 Å². The Kier molecular flexibility index (Phi) is 4.89. The lowest BCUT2D eigenvalue weighted by Gasteiger charge is -2.19. The van der Waals surface area contributed by atoms with Crippen LogP contribution in [0.15, 0.2) is 17.5 Å². The van der Waals surface area contributed by atoms with E-state index < -0.39 is 20.7 Å². The van der Waals surface area contributed by atoms with Gasteiger partial charge in [0.05, 0.1) is 4.75 Å². The Labute approximate surface area is 117 Å². The first-order valence-electron chi connectivity index (χ1n) is 5.59. The summed E-state index contributed by atoms with van der Waals surface area (Å²) in [5.41, 5.74) is 0.748. The average molecular weight is 303 g/mol. The molecule has 0 aliphatic heterocycles. The second-order valence-electron chi connectivity index (χ2n) is 4.95. The Morgan fingerprint density at radius 2 is 2.11 bits per heavy atom. The molecule has 0 bridgehead atoms. The Balaban J connectivity index is 2.68. The molecule has 106 valence electrons. The first-order chi connectivity index (χ1) is 8.62. The van der Waals surface area contributed by atoms with E-state index in [0.717, 1.165) is 16.5 Å². The molecule has 0 aliphatic rings. The van der Waals surface area contributed by atoms with Crippen molar-refractivity contribution in [3.63, 3.8) is 0 Å². The standard InChI is InChI=1S/C12H17NO4S2/c1-12(2,3)19(16,17)13-7-10-6-9(8-18-10)4-5-11(14)15/h4-6,8,13H,7H2,1-3H3,(H,14,15). The van der Waals surface area contributed by atoms with Crippen LogP contribution in [0.5, 0.6) is 0 Å².